The number of halogens is 1. The number of rotatable bonds is 3. The number of benzene rings is 1. The second-order valence-electron chi connectivity index (χ2n) is 4.51. The normalized spacial score (nSPS) is 13.0. The lowest BCUT2D eigenvalue weighted by atomic mass is 10.3. The van der Waals surface area contributed by atoms with E-state index in [1.54, 1.807) is 16.4 Å². The zero-order chi connectivity index (χ0) is 14.3. The number of hydrogen-bond donors (Lipinski definition) is 0. The van der Waals surface area contributed by atoms with Crippen molar-refractivity contribution in [1.29, 1.82) is 0 Å². The molecule has 1 atom stereocenters. The van der Waals surface area contributed by atoms with Gasteiger partial charge in [0.05, 0.1) is 16.3 Å². The molecule has 20 heavy (non-hydrogen) atoms. The lowest BCUT2D eigenvalue weighted by Gasteiger charge is -2.08. The molecule has 3 aromatic rings. The van der Waals surface area contributed by atoms with Crippen molar-refractivity contribution in [2.75, 3.05) is 0 Å². The standard InChI is InChI=1S/C12H13ClN6S/c1-7(11-15-16-17-19(11)3)20-12-14-9-6-8(13)4-5-10(9)18(12)2/h4-7H,1-3H3/t7-/m1/s1. The molecule has 1 aromatic carbocycles. The molecule has 0 fully saturated rings. The molecule has 0 unspecified atom stereocenters. The fraction of sp³-hybridized carbons (Fsp3) is 0.333. The molecule has 0 amide bonds. The summed E-state index contributed by atoms with van der Waals surface area (Å²) in [5, 5.41) is 13.3. The molecule has 6 nitrogen and oxygen atoms in total. The third kappa shape index (κ3) is 2.27. The molecule has 0 radical (unpaired) electrons. The summed E-state index contributed by atoms with van der Waals surface area (Å²) in [6.07, 6.45) is 0. The van der Waals surface area contributed by atoms with Gasteiger partial charge in [-0.1, -0.05) is 23.4 Å². The Labute approximate surface area is 125 Å². The van der Waals surface area contributed by atoms with Gasteiger partial charge in [0, 0.05) is 19.1 Å². The van der Waals surface area contributed by atoms with Gasteiger partial charge in [0.2, 0.25) is 0 Å². The number of fused-ring (bicyclic) bond motifs is 1. The number of nitrogens with zero attached hydrogens (tertiary/aromatic N) is 6. The number of hydrogen-bond acceptors (Lipinski definition) is 5. The first-order valence-electron chi connectivity index (χ1n) is 6.07. The molecule has 3 rings (SSSR count). The summed E-state index contributed by atoms with van der Waals surface area (Å²) in [5.41, 5.74) is 1.95. The highest BCUT2D eigenvalue weighted by atomic mass is 35.5. The van der Waals surface area contributed by atoms with E-state index in [4.69, 9.17) is 11.6 Å². The van der Waals surface area contributed by atoms with Crippen molar-refractivity contribution < 1.29 is 0 Å². The summed E-state index contributed by atoms with van der Waals surface area (Å²) in [5.74, 6) is 0.820. The van der Waals surface area contributed by atoms with E-state index in [-0.39, 0.29) is 5.25 Å². The third-order valence-electron chi connectivity index (χ3n) is 3.10. The average molecular weight is 309 g/mol. The molecule has 0 bridgehead atoms. The first kappa shape index (κ1) is 13.4. The van der Waals surface area contributed by atoms with Gasteiger partial charge in [0.1, 0.15) is 0 Å². The highest BCUT2D eigenvalue weighted by Gasteiger charge is 2.17. The van der Waals surface area contributed by atoms with Crippen molar-refractivity contribution in [1.82, 2.24) is 29.8 Å². The van der Waals surface area contributed by atoms with Crippen molar-refractivity contribution in [2.24, 2.45) is 14.1 Å². The van der Waals surface area contributed by atoms with Crippen molar-refractivity contribution in [3.63, 3.8) is 0 Å². The van der Waals surface area contributed by atoms with Crippen LogP contribution >= 0.6 is 23.4 Å². The van der Waals surface area contributed by atoms with E-state index in [1.807, 2.05) is 32.3 Å². The monoisotopic (exact) mass is 308 g/mol. The molecule has 0 aliphatic rings. The second kappa shape index (κ2) is 5.06. The summed E-state index contributed by atoms with van der Waals surface area (Å²) in [6, 6.07) is 5.72. The number of tetrazole rings is 1. The Morgan fingerprint density at radius 2 is 2.10 bits per heavy atom. The first-order valence-corrected chi connectivity index (χ1v) is 7.33. The van der Waals surface area contributed by atoms with Gasteiger partial charge in [-0.3, -0.25) is 0 Å². The molecule has 104 valence electrons. The smallest absolute Gasteiger partial charge is 0.169 e. The maximum Gasteiger partial charge on any atom is 0.169 e. The summed E-state index contributed by atoms with van der Waals surface area (Å²) in [4.78, 5) is 4.62. The van der Waals surface area contributed by atoms with E-state index >= 15 is 0 Å². The molecule has 2 heterocycles. The Morgan fingerprint density at radius 1 is 1.30 bits per heavy atom. The Bertz CT molecular complexity index is 764. The van der Waals surface area contributed by atoms with Crippen LogP contribution in [0, 0.1) is 0 Å². The van der Waals surface area contributed by atoms with E-state index in [0.29, 0.717) is 5.02 Å². The predicted octanol–water partition coefficient (Wildman–Crippen LogP) is 2.60. The minimum absolute atomic E-state index is 0.112. The van der Waals surface area contributed by atoms with E-state index in [1.165, 1.54) is 0 Å². The Balaban J connectivity index is 1.95. The van der Waals surface area contributed by atoms with Gasteiger partial charge in [-0.15, -0.1) is 5.10 Å². The fourth-order valence-electron chi connectivity index (χ4n) is 2.05. The van der Waals surface area contributed by atoms with Crippen molar-refractivity contribution >= 4 is 34.4 Å². The van der Waals surface area contributed by atoms with E-state index in [2.05, 4.69) is 32.0 Å². The van der Waals surface area contributed by atoms with Crippen LogP contribution in [0.3, 0.4) is 0 Å². The van der Waals surface area contributed by atoms with Gasteiger partial charge >= 0.3 is 0 Å². The van der Waals surface area contributed by atoms with Crippen molar-refractivity contribution in [2.45, 2.75) is 17.3 Å². The van der Waals surface area contributed by atoms with Gasteiger partial charge in [0.15, 0.2) is 11.0 Å². The van der Waals surface area contributed by atoms with Crippen molar-refractivity contribution in [3.05, 3.63) is 29.0 Å². The molecule has 0 saturated carbocycles. The van der Waals surface area contributed by atoms with Gasteiger partial charge in [-0.2, -0.15) is 0 Å². The molecule has 2 aromatic heterocycles. The van der Waals surface area contributed by atoms with Crippen LogP contribution in [-0.2, 0) is 14.1 Å². The third-order valence-corrected chi connectivity index (χ3v) is 4.48. The number of aromatic nitrogens is 6. The van der Waals surface area contributed by atoms with Crippen LogP contribution in [-0.4, -0.2) is 29.8 Å². The van der Waals surface area contributed by atoms with Crippen molar-refractivity contribution in [3.8, 4) is 0 Å². The van der Waals surface area contributed by atoms with Gasteiger partial charge in [-0.25, -0.2) is 9.67 Å². The van der Waals surface area contributed by atoms with Crippen LogP contribution in [0.1, 0.15) is 18.0 Å². The molecule has 0 N–H and O–H groups in total. The van der Waals surface area contributed by atoms with Crippen LogP contribution in [0.25, 0.3) is 11.0 Å². The lowest BCUT2D eigenvalue weighted by Crippen LogP contribution is -2.02. The average Bonchev–Trinajstić information content (AvgIpc) is 2.95. The predicted molar refractivity (Wildman–Crippen MR) is 78.8 cm³/mol. The first-order chi connectivity index (χ1) is 9.56. The van der Waals surface area contributed by atoms with Gasteiger partial charge < -0.3 is 4.57 Å². The largest absolute Gasteiger partial charge is 0.322 e. The van der Waals surface area contributed by atoms with Crippen LogP contribution in [0.5, 0.6) is 0 Å². The molecular formula is C12H13ClN6S. The molecule has 0 spiro atoms. The number of aryl methyl sites for hydroxylation is 2. The second-order valence-corrected chi connectivity index (χ2v) is 6.25. The number of imidazole rings is 1. The van der Waals surface area contributed by atoms with Crippen LogP contribution in [0.15, 0.2) is 23.4 Å². The van der Waals surface area contributed by atoms with Crippen LogP contribution < -0.4 is 0 Å². The minimum Gasteiger partial charge on any atom is -0.322 e. The summed E-state index contributed by atoms with van der Waals surface area (Å²) in [7, 11) is 3.83. The molecule has 0 saturated heterocycles. The molecular weight excluding hydrogens is 296 g/mol. The number of thioether (sulfide) groups is 1. The summed E-state index contributed by atoms with van der Waals surface area (Å²) in [6.45, 7) is 2.06. The fourth-order valence-corrected chi connectivity index (χ4v) is 3.24. The quantitative estimate of drug-likeness (QED) is 0.696. The van der Waals surface area contributed by atoms with E-state index < -0.39 is 0 Å². The van der Waals surface area contributed by atoms with E-state index in [9.17, 15) is 0 Å². The highest BCUT2D eigenvalue weighted by Crippen LogP contribution is 2.34. The SMILES string of the molecule is C[C@@H](Sc1nc2cc(Cl)ccc2n1C)c1nnnn1C. The topological polar surface area (TPSA) is 61.4 Å². The zero-order valence-electron chi connectivity index (χ0n) is 11.3. The maximum absolute atomic E-state index is 6.00. The minimum atomic E-state index is 0.112. The van der Waals surface area contributed by atoms with Gasteiger partial charge in [0.25, 0.3) is 0 Å². The molecule has 0 aliphatic heterocycles. The van der Waals surface area contributed by atoms with Crippen LogP contribution in [0.4, 0.5) is 0 Å². The Kier molecular flexibility index (Phi) is 3.39. The van der Waals surface area contributed by atoms with Gasteiger partial charge in [-0.05, 0) is 35.5 Å². The molecule has 8 heteroatoms. The van der Waals surface area contributed by atoms with E-state index in [0.717, 1.165) is 22.0 Å². The summed E-state index contributed by atoms with van der Waals surface area (Å²) < 4.78 is 3.73. The molecule has 0 aliphatic carbocycles. The summed E-state index contributed by atoms with van der Waals surface area (Å²) >= 11 is 7.62. The Morgan fingerprint density at radius 3 is 2.80 bits per heavy atom. The highest BCUT2D eigenvalue weighted by molar-refractivity contribution is 7.99. The van der Waals surface area contributed by atoms with Crippen LogP contribution in [0.2, 0.25) is 5.02 Å². The lowest BCUT2D eigenvalue weighted by molar-refractivity contribution is 0.677. The maximum atomic E-state index is 6.00. The Hall–Kier alpha value is -1.60. The zero-order valence-corrected chi connectivity index (χ0v) is 12.9.